The summed E-state index contributed by atoms with van der Waals surface area (Å²) in [5, 5.41) is 13.4. The summed E-state index contributed by atoms with van der Waals surface area (Å²) in [5.41, 5.74) is 3.17. The molecule has 0 radical (unpaired) electrons. The van der Waals surface area contributed by atoms with Crippen molar-refractivity contribution in [2.45, 2.75) is 19.1 Å². The lowest BCUT2D eigenvalue weighted by molar-refractivity contribution is 0.190. The van der Waals surface area contributed by atoms with Crippen LogP contribution in [0.3, 0.4) is 0 Å². The number of anilines is 1. The Morgan fingerprint density at radius 1 is 1.33 bits per heavy atom. The van der Waals surface area contributed by atoms with Crippen molar-refractivity contribution in [1.29, 1.82) is 0 Å². The number of fused-ring (bicyclic) bond motifs is 1. The Bertz CT molecular complexity index is 696. The van der Waals surface area contributed by atoms with E-state index in [1.165, 1.54) is 0 Å². The summed E-state index contributed by atoms with van der Waals surface area (Å²) in [6.45, 7) is 1.87. The van der Waals surface area contributed by atoms with E-state index in [9.17, 15) is 4.79 Å². The molecule has 0 spiro atoms. The minimum absolute atomic E-state index is 0.0467. The summed E-state index contributed by atoms with van der Waals surface area (Å²) in [6, 6.07) is 9.96. The molecule has 24 heavy (non-hydrogen) atoms. The Labute approximate surface area is 142 Å². The summed E-state index contributed by atoms with van der Waals surface area (Å²) in [5.74, 6) is 0.813. The molecule has 0 saturated carbocycles. The molecule has 2 amide bonds. The quantitative estimate of drug-likeness (QED) is 0.782. The molecule has 1 aliphatic rings. The minimum atomic E-state index is -0.0580. The zero-order chi connectivity index (χ0) is 17.1. The van der Waals surface area contributed by atoms with Gasteiger partial charge in [-0.05, 0) is 19.7 Å². The van der Waals surface area contributed by atoms with Crippen LogP contribution in [0.15, 0.2) is 30.3 Å². The van der Waals surface area contributed by atoms with E-state index in [1.807, 2.05) is 51.5 Å². The molecule has 1 aromatic carbocycles. The fourth-order valence-electron chi connectivity index (χ4n) is 3.02. The Hall–Kier alpha value is -2.54. The van der Waals surface area contributed by atoms with Gasteiger partial charge in [-0.15, -0.1) is 0 Å². The van der Waals surface area contributed by atoms with E-state index in [0.29, 0.717) is 13.1 Å². The molecule has 1 aliphatic heterocycles. The third kappa shape index (κ3) is 3.35. The molecule has 1 unspecified atom stereocenters. The second kappa shape index (κ2) is 6.92. The summed E-state index contributed by atoms with van der Waals surface area (Å²) in [6.07, 6.45) is 0. The van der Waals surface area contributed by atoms with Gasteiger partial charge in [-0.25, -0.2) is 4.79 Å². The first-order valence-electron chi connectivity index (χ1n) is 8.07. The number of nitrogens with zero attached hydrogens (tertiary/aromatic N) is 3. The van der Waals surface area contributed by atoms with Gasteiger partial charge in [0, 0.05) is 19.2 Å². The highest BCUT2D eigenvalue weighted by molar-refractivity contribution is 5.76. The Morgan fingerprint density at radius 3 is 2.75 bits per heavy atom. The van der Waals surface area contributed by atoms with E-state index in [0.717, 1.165) is 29.2 Å². The number of benzene rings is 1. The number of rotatable bonds is 5. The first kappa shape index (κ1) is 16.3. The Morgan fingerprint density at radius 2 is 2.08 bits per heavy atom. The predicted molar refractivity (Wildman–Crippen MR) is 93.7 cm³/mol. The van der Waals surface area contributed by atoms with Crippen LogP contribution in [-0.4, -0.2) is 53.7 Å². The first-order valence-corrected chi connectivity index (χ1v) is 8.07. The van der Waals surface area contributed by atoms with E-state index >= 15 is 0 Å². The molecule has 1 aromatic heterocycles. The third-order valence-corrected chi connectivity index (χ3v) is 4.22. The second-order valence-electron chi connectivity index (χ2n) is 6.31. The average Bonchev–Trinajstić information content (AvgIpc) is 3.14. The molecule has 1 atom stereocenters. The number of nitrogens with one attached hydrogen (secondary N) is 3. The Balaban J connectivity index is 1.69. The summed E-state index contributed by atoms with van der Waals surface area (Å²) in [7, 11) is 5.85. The van der Waals surface area contributed by atoms with Crippen LogP contribution in [0.2, 0.25) is 0 Å². The Kier molecular flexibility index (Phi) is 4.71. The fourth-order valence-corrected chi connectivity index (χ4v) is 3.02. The van der Waals surface area contributed by atoms with Gasteiger partial charge in [0.05, 0.1) is 24.8 Å². The highest BCUT2D eigenvalue weighted by Crippen LogP contribution is 2.27. The smallest absolute Gasteiger partial charge is 0.318 e. The number of hydrogen-bond donors (Lipinski definition) is 3. The molecule has 0 aliphatic carbocycles. The highest BCUT2D eigenvalue weighted by Gasteiger charge is 2.29. The number of likely N-dealkylation sites (N-methyl/N-ethyl adjacent to an activating group) is 1. The number of aromatic nitrogens is 2. The number of amides is 2. The van der Waals surface area contributed by atoms with Gasteiger partial charge in [0.15, 0.2) is 5.82 Å². The SMILES string of the molecule is CNc1n[nH]c2c1CN(C(=O)NC(CN(C)C)c1ccccc1)C2. The number of carbonyl (C=O) groups excluding carboxylic acids is 1. The molecular weight excluding hydrogens is 304 g/mol. The molecule has 7 nitrogen and oxygen atoms in total. The molecule has 2 aromatic rings. The van der Waals surface area contributed by atoms with E-state index in [-0.39, 0.29) is 12.1 Å². The van der Waals surface area contributed by atoms with Crippen LogP contribution in [0, 0.1) is 0 Å². The normalized spacial score (nSPS) is 14.6. The summed E-state index contributed by atoms with van der Waals surface area (Å²) >= 11 is 0. The van der Waals surface area contributed by atoms with Gasteiger partial charge < -0.3 is 20.4 Å². The van der Waals surface area contributed by atoms with E-state index in [2.05, 4.69) is 25.7 Å². The second-order valence-corrected chi connectivity index (χ2v) is 6.31. The van der Waals surface area contributed by atoms with Gasteiger partial charge in [0.2, 0.25) is 0 Å². The number of carbonyl (C=O) groups is 1. The first-order chi connectivity index (χ1) is 11.6. The molecule has 0 saturated heterocycles. The summed E-state index contributed by atoms with van der Waals surface area (Å²) in [4.78, 5) is 16.6. The van der Waals surface area contributed by atoms with Gasteiger partial charge in [0.25, 0.3) is 0 Å². The zero-order valence-electron chi connectivity index (χ0n) is 14.3. The highest BCUT2D eigenvalue weighted by atomic mass is 16.2. The van der Waals surface area contributed by atoms with Crippen molar-refractivity contribution in [1.82, 2.24) is 25.3 Å². The van der Waals surface area contributed by atoms with Crippen molar-refractivity contribution in [2.75, 3.05) is 33.0 Å². The lowest BCUT2D eigenvalue weighted by Gasteiger charge is -2.26. The summed E-state index contributed by atoms with van der Waals surface area (Å²) < 4.78 is 0. The monoisotopic (exact) mass is 328 g/mol. The third-order valence-electron chi connectivity index (χ3n) is 4.22. The maximum atomic E-state index is 12.7. The van der Waals surface area contributed by atoms with Gasteiger partial charge >= 0.3 is 6.03 Å². The standard InChI is InChI=1S/C17H24N6O/c1-18-16-13-9-23(11-15(13)20-21-16)17(24)19-14(10-22(2)3)12-7-5-4-6-8-12/h4-8,14H,9-11H2,1-3H3,(H,19,24)(H2,18,20,21). The molecule has 3 rings (SSSR count). The van der Waals surface area contributed by atoms with Gasteiger partial charge in [-0.2, -0.15) is 5.10 Å². The van der Waals surface area contributed by atoms with Crippen LogP contribution in [0.4, 0.5) is 10.6 Å². The van der Waals surface area contributed by atoms with Crippen molar-refractivity contribution in [3.63, 3.8) is 0 Å². The molecule has 0 bridgehead atoms. The van der Waals surface area contributed by atoms with Crippen molar-refractivity contribution in [2.24, 2.45) is 0 Å². The van der Waals surface area contributed by atoms with Crippen LogP contribution in [0.25, 0.3) is 0 Å². The lowest BCUT2D eigenvalue weighted by Crippen LogP contribution is -2.42. The zero-order valence-corrected chi connectivity index (χ0v) is 14.3. The van der Waals surface area contributed by atoms with Crippen LogP contribution < -0.4 is 10.6 Å². The van der Waals surface area contributed by atoms with Crippen LogP contribution >= 0.6 is 0 Å². The van der Waals surface area contributed by atoms with Crippen molar-refractivity contribution >= 4 is 11.8 Å². The molecule has 3 N–H and O–H groups in total. The minimum Gasteiger partial charge on any atom is -0.371 e. The van der Waals surface area contributed by atoms with Crippen molar-refractivity contribution < 1.29 is 4.79 Å². The largest absolute Gasteiger partial charge is 0.371 e. The van der Waals surface area contributed by atoms with Crippen LogP contribution in [-0.2, 0) is 13.1 Å². The number of urea groups is 1. The van der Waals surface area contributed by atoms with E-state index in [4.69, 9.17) is 0 Å². The molecule has 7 heteroatoms. The molecule has 2 heterocycles. The van der Waals surface area contributed by atoms with E-state index in [1.54, 1.807) is 4.90 Å². The van der Waals surface area contributed by atoms with Crippen molar-refractivity contribution in [3.05, 3.63) is 47.2 Å². The number of aromatic amines is 1. The predicted octanol–water partition coefficient (Wildman–Crippen LogP) is 1.78. The molecular formula is C17H24N6O. The van der Waals surface area contributed by atoms with Gasteiger partial charge in [-0.3, -0.25) is 5.10 Å². The van der Waals surface area contributed by atoms with Crippen molar-refractivity contribution in [3.8, 4) is 0 Å². The maximum Gasteiger partial charge on any atom is 0.318 e. The molecule has 128 valence electrons. The maximum absolute atomic E-state index is 12.7. The lowest BCUT2D eigenvalue weighted by atomic mass is 10.1. The topological polar surface area (TPSA) is 76.3 Å². The molecule has 0 fully saturated rings. The fraction of sp³-hybridized carbons (Fsp3) is 0.412. The van der Waals surface area contributed by atoms with Gasteiger partial charge in [-0.1, -0.05) is 30.3 Å². The number of H-pyrrole nitrogens is 1. The van der Waals surface area contributed by atoms with Crippen LogP contribution in [0.1, 0.15) is 22.9 Å². The van der Waals surface area contributed by atoms with Gasteiger partial charge in [0.1, 0.15) is 0 Å². The van der Waals surface area contributed by atoms with E-state index < -0.39 is 0 Å². The number of hydrogen-bond acceptors (Lipinski definition) is 4. The average molecular weight is 328 g/mol. The van der Waals surface area contributed by atoms with Crippen LogP contribution in [0.5, 0.6) is 0 Å².